The molecule has 1 aromatic heterocycles. The van der Waals surface area contributed by atoms with Gasteiger partial charge in [0.2, 0.25) is 10.0 Å². The van der Waals surface area contributed by atoms with Gasteiger partial charge in [-0.05, 0) is 36.6 Å². The summed E-state index contributed by atoms with van der Waals surface area (Å²) in [5.74, 6) is -0.183. The van der Waals surface area contributed by atoms with Crippen molar-refractivity contribution in [3.63, 3.8) is 0 Å². The monoisotopic (exact) mass is 537 g/mol. The van der Waals surface area contributed by atoms with Gasteiger partial charge in [-0.25, -0.2) is 8.42 Å². The Bertz CT molecular complexity index is 1470. The van der Waals surface area contributed by atoms with Crippen LogP contribution in [0.25, 0.3) is 10.9 Å². The van der Waals surface area contributed by atoms with Gasteiger partial charge in [-0.3, -0.25) is 9.78 Å². The number of hydrogen-bond donors (Lipinski definition) is 0. The van der Waals surface area contributed by atoms with E-state index in [0.29, 0.717) is 49.6 Å². The fourth-order valence-corrected chi connectivity index (χ4v) is 6.37. The van der Waals surface area contributed by atoms with Crippen molar-refractivity contribution in [3.8, 4) is 6.07 Å². The number of piperazine rings is 1. The lowest BCUT2D eigenvalue weighted by molar-refractivity contribution is 0.0698. The first-order chi connectivity index (χ1) is 17.7. The Balaban J connectivity index is 1.48. The first kappa shape index (κ1) is 25.5. The number of fused-ring (bicyclic) bond motifs is 1. The molecule has 1 amide bonds. The summed E-state index contributed by atoms with van der Waals surface area (Å²) in [6, 6.07) is 17.9. The van der Waals surface area contributed by atoms with Crippen LogP contribution in [0.5, 0.6) is 0 Å². The molecule has 192 valence electrons. The fraction of sp³-hybridized carbons (Fsp3) is 0.370. The molecule has 2 saturated heterocycles. The number of piperidine rings is 1. The summed E-state index contributed by atoms with van der Waals surface area (Å²) in [7, 11) is -3.30. The molecule has 8 nitrogen and oxygen atoms in total. The number of rotatable bonds is 4. The predicted molar refractivity (Wildman–Crippen MR) is 144 cm³/mol. The van der Waals surface area contributed by atoms with Gasteiger partial charge in [-0.2, -0.15) is 9.57 Å². The Morgan fingerprint density at radius 3 is 2.32 bits per heavy atom. The normalized spacial score (nSPS) is 18.5. The smallest absolute Gasteiger partial charge is 0.257 e. The van der Waals surface area contributed by atoms with E-state index in [-0.39, 0.29) is 19.0 Å². The lowest BCUT2D eigenvalue weighted by Crippen LogP contribution is -2.50. The zero-order valence-corrected chi connectivity index (χ0v) is 22.2. The third-order valence-electron chi connectivity index (χ3n) is 7.50. The minimum absolute atomic E-state index is 0.183. The standard InChI is InChI=1S/C27H28ClN5O3S/c1-37(35,36)33-15-13-32(14-16-33)26(34)23-18-30-24-8-7-21(28)17-22(24)25(23)31-11-9-27(19-29,10-12-31)20-5-3-2-4-6-20/h2-8,17-18H,9-16H2,1H3. The molecule has 2 fully saturated rings. The Morgan fingerprint density at radius 2 is 1.70 bits per heavy atom. The molecule has 2 aliphatic heterocycles. The number of sulfonamides is 1. The molecule has 0 atom stereocenters. The van der Waals surface area contributed by atoms with Crippen molar-refractivity contribution in [3.05, 3.63) is 70.9 Å². The molecular formula is C27H28ClN5O3S. The summed E-state index contributed by atoms with van der Waals surface area (Å²) in [6.07, 6.45) is 4.05. The third-order valence-corrected chi connectivity index (χ3v) is 9.04. The van der Waals surface area contributed by atoms with Gasteiger partial charge < -0.3 is 9.80 Å². The highest BCUT2D eigenvalue weighted by atomic mass is 35.5. The van der Waals surface area contributed by atoms with E-state index in [1.165, 1.54) is 10.6 Å². The highest BCUT2D eigenvalue weighted by Crippen LogP contribution is 2.40. The number of amides is 1. The van der Waals surface area contributed by atoms with Crippen LogP contribution in [-0.4, -0.2) is 74.0 Å². The van der Waals surface area contributed by atoms with E-state index >= 15 is 0 Å². The third kappa shape index (κ3) is 4.89. The predicted octanol–water partition coefficient (Wildman–Crippen LogP) is 3.67. The van der Waals surface area contributed by atoms with Crippen LogP contribution < -0.4 is 4.90 Å². The van der Waals surface area contributed by atoms with Crippen molar-refractivity contribution >= 4 is 44.1 Å². The van der Waals surface area contributed by atoms with Crippen molar-refractivity contribution in [1.29, 1.82) is 5.26 Å². The molecule has 0 unspecified atom stereocenters. The molecular weight excluding hydrogens is 510 g/mol. The average molecular weight is 538 g/mol. The van der Waals surface area contributed by atoms with E-state index < -0.39 is 15.4 Å². The topological polar surface area (TPSA) is 97.6 Å². The highest BCUT2D eigenvalue weighted by Gasteiger charge is 2.38. The minimum Gasteiger partial charge on any atom is -0.370 e. The Labute approximate surface area is 222 Å². The second kappa shape index (κ2) is 9.93. The summed E-state index contributed by atoms with van der Waals surface area (Å²) in [6.45, 7) is 2.33. The molecule has 0 spiro atoms. The summed E-state index contributed by atoms with van der Waals surface area (Å²) in [5, 5.41) is 11.5. The van der Waals surface area contributed by atoms with Crippen LogP contribution in [0.2, 0.25) is 5.02 Å². The maximum atomic E-state index is 13.8. The molecule has 0 aliphatic carbocycles. The van der Waals surface area contributed by atoms with Crippen LogP contribution in [-0.2, 0) is 15.4 Å². The van der Waals surface area contributed by atoms with E-state index in [2.05, 4.69) is 16.0 Å². The zero-order valence-electron chi connectivity index (χ0n) is 20.6. The summed E-state index contributed by atoms with van der Waals surface area (Å²) >= 11 is 6.37. The number of pyridine rings is 1. The Hall–Kier alpha value is -3.19. The Kier molecular flexibility index (Phi) is 6.84. The SMILES string of the molecule is CS(=O)(=O)N1CCN(C(=O)c2cnc3ccc(Cl)cc3c2N2CCC(C#N)(c3ccccc3)CC2)CC1. The quantitative estimate of drug-likeness (QED) is 0.504. The second-order valence-electron chi connectivity index (χ2n) is 9.68. The molecule has 0 saturated carbocycles. The summed E-state index contributed by atoms with van der Waals surface area (Å²) < 4.78 is 25.2. The summed E-state index contributed by atoms with van der Waals surface area (Å²) in [4.78, 5) is 22.2. The van der Waals surface area contributed by atoms with Crippen molar-refractivity contribution in [2.24, 2.45) is 0 Å². The van der Waals surface area contributed by atoms with E-state index in [0.717, 1.165) is 22.2 Å². The number of benzene rings is 2. The molecule has 3 aromatic rings. The van der Waals surface area contributed by atoms with Gasteiger partial charge in [0.1, 0.15) is 0 Å². The molecule has 0 N–H and O–H groups in total. The first-order valence-corrected chi connectivity index (χ1v) is 14.5. The van der Waals surface area contributed by atoms with Crippen LogP contribution in [0.1, 0.15) is 28.8 Å². The minimum atomic E-state index is -3.30. The summed E-state index contributed by atoms with van der Waals surface area (Å²) in [5.41, 5.74) is 2.40. The number of aromatic nitrogens is 1. The number of halogens is 1. The van der Waals surface area contributed by atoms with Gasteiger partial charge >= 0.3 is 0 Å². The highest BCUT2D eigenvalue weighted by molar-refractivity contribution is 7.88. The van der Waals surface area contributed by atoms with Gasteiger partial charge in [0, 0.05) is 55.9 Å². The molecule has 37 heavy (non-hydrogen) atoms. The van der Waals surface area contributed by atoms with Gasteiger partial charge in [0.15, 0.2) is 0 Å². The van der Waals surface area contributed by atoms with Crippen LogP contribution >= 0.6 is 11.6 Å². The van der Waals surface area contributed by atoms with Gasteiger partial charge in [-0.1, -0.05) is 41.9 Å². The van der Waals surface area contributed by atoms with E-state index in [1.807, 2.05) is 42.5 Å². The largest absolute Gasteiger partial charge is 0.370 e. The Morgan fingerprint density at radius 1 is 1.03 bits per heavy atom. The van der Waals surface area contributed by atoms with E-state index in [1.54, 1.807) is 17.2 Å². The number of nitriles is 1. The van der Waals surface area contributed by atoms with Crippen molar-refractivity contribution in [2.45, 2.75) is 18.3 Å². The maximum absolute atomic E-state index is 13.8. The molecule has 0 radical (unpaired) electrons. The number of anilines is 1. The molecule has 2 aromatic carbocycles. The zero-order chi connectivity index (χ0) is 26.2. The van der Waals surface area contributed by atoms with Crippen molar-refractivity contribution < 1.29 is 13.2 Å². The first-order valence-electron chi connectivity index (χ1n) is 12.3. The molecule has 2 aliphatic rings. The van der Waals surface area contributed by atoms with Crippen molar-refractivity contribution in [1.82, 2.24) is 14.2 Å². The molecule has 10 heteroatoms. The number of hydrogen-bond acceptors (Lipinski definition) is 6. The van der Waals surface area contributed by atoms with Gasteiger partial charge in [0.25, 0.3) is 5.91 Å². The van der Waals surface area contributed by atoms with Gasteiger partial charge in [-0.15, -0.1) is 0 Å². The molecule has 5 rings (SSSR count). The lowest BCUT2D eigenvalue weighted by Gasteiger charge is -2.40. The van der Waals surface area contributed by atoms with Crippen LogP contribution in [0.15, 0.2) is 54.7 Å². The van der Waals surface area contributed by atoms with E-state index in [4.69, 9.17) is 11.6 Å². The lowest BCUT2D eigenvalue weighted by atomic mass is 9.74. The average Bonchev–Trinajstić information content (AvgIpc) is 2.92. The molecule has 3 heterocycles. The van der Waals surface area contributed by atoms with Crippen molar-refractivity contribution in [2.75, 3.05) is 50.4 Å². The number of carbonyl (C=O) groups is 1. The van der Waals surface area contributed by atoms with E-state index in [9.17, 15) is 18.5 Å². The van der Waals surface area contributed by atoms with Crippen LogP contribution in [0.3, 0.4) is 0 Å². The van der Waals surface area contributed by atoms with Gasteiger partial charge in [0.05, 0.1) is 34.5 Å². The van der Waals surface area contributed by atoms with Crippen LogP contribution in [0, 0.1) is 11.3 Å². The van der Waals surface area contributed by atoms with Crippen LogP contribution in [0.4, 0.5) is 5.69 Å². The number of carbonyl (C=O) groups excluding carboxylic acids is 1. The fourth-order valence-electron chi connectivity index (χ4n) is 5.38. The number of nitrogens with zero attached hydrogens (tertiary/aromatic N) is 5. The second-order valence-corrected chi connectivity index (χ2v) is 12.1. The maximum Gasteiger partial charge on any atom is 0.257 e. The molecule has 0 bridgehead atoms.